The molecule has 0 unspecified atom stereocenters. The fourth-order valence-electron chi connectivity index (χ4n) is 3.64. The first kappa shape index (κ1) is 19.6. The summed E-state index contributed by atoms with van der Waals surface area (Å²) < 4.78 is 10.9. The first-order chi connectivity index (χ1) is 14.0. The normalized spacial score (nSPS) is 15.0. The number of ether oxygens (including phenoxy) is 1. The van der Waals surface area contributed by atoms with Crippen molar-refractivity contribution < 1.29 is 13.9 Å². The van der Waals surface area contributed by atoms with Crippen molar-refractivity contribution in [2.45, 2.75) is 58.0 Å². The average molecular weight is 413 g/mol. The van der Waals surface area contributed by atoms with Gasteiger partial charge < -0.3 is 9.15 Å². The van der Waals surface area contributed by atoms with Crippen LogP contribution in [-0.4, -0.2) is 22.2 Å². The van der Waals surface area contributed by atoms with Crippen LogP contribution >= 0.6 is 11.3 Å². The SMILES string of the molecule is CC(C)Oc1ccc2c(C(=O)Nc3nnc(C4CCCCC4)s3)cc(=O)oc2c1. The molecule has 8 heteroatoms. The van der Waals surface area contributed by atoms with Crippen molar-refractivity contribution in [3.05, 3.63) is 45.3 Å². The number of benzene rings is 1. The van der Waals surface area contributed by atoms with E-state index in [0.29, 0.717) is 27.8 Å². The summed E-state index contributed by atoms with van der Waals surface area (Å²) in [6.45, 7) is 3.82. The van der Waals surface area contributed by atoms with Crippen molar-refractivity contribution in [3.8, 4) is 5.75 Å². The molecule has 0 atom stereocenters. The molecule has 0 radical (unpaired) electrons. The molecule has 1 aliphatic carbocycles. The molecule has 0 bridgehead atoms. The van der Waals surface area contributed by atoms with E-state index in [4.69, 9.17) is 9.15 Å². The average Bonchev–Trinajstić information content (AvgIpc) is 3.15. The van der Waals surface area contributed by atoms with Gasteiger partial charge in [-0.2, -0.15) is 0 Å². The summed E-state index contributed by atoms with van der Waals surface area (Å²) in [7, 11) is 0. The van der Waals surface area contributed by atoms with Crippen LogP contribution in [-0.2, 0) is 0 Å². The molecule has 1 N–H and O–H groups in total. The maximum Gasteiger partial charge on any atom is 0.337 e. The number of carbonyl (C=O) groups is 1. The molecular formula is C21H23N3O4S. The number of amides is 1. The van der Waals surface area contributed by atoms with Crippen molar-refractivity contribution in [3.63, 3.8) is 0 Å². The molecular weight excluding hydrogens is 390 g/mol. The van der Waals surface area contributed by atoms with Crippen LogP contribution in [0, 0.1) is 0 Å². The summed E-state index contributed by atoms with van der Waals surface area (Å²) in [5, 5.41) is 13.1. The van der Waals surface area contributed by atoms with Crippen LogP contribution in [0.15, 0.2) is 33.5 Å². The van der Waals surface area contributed by atoms with Gasteiger partial charge in [0.05, 0.1) is 11.7 Å². The predicted octanol–water partition coefficient (Wildman–Crippen LogP) is 4.73. The Hall–Kier alpha value is -2.74. The first-order valence-corrected chi connectivity index (χ1v) is 10.7. The Labute approximate surface area is 172 Å². The Morgan fingerprint density at radius 3 is 2.76 bits per heavy atom. The maximum absolute atomic E-state index is 12.8. The highest BCUT2D eigenvalue weighted by Crippen LogP contribution is 2.35. The minimum absolute atomic E-state index is 0.0126. The van der Waals surface area contributed by atoms with Crippen molar-refractivity contribution in [1.29, 1.82) is 0 Å². The number of rotatable bonds is 5. The molecule has 1 saturated carbocycles. The van der Waals surface area contributed by atoms with E-state index in [9.17, 15) is 9.59 Å². The highest BCUT2D eigenvalue weighted by Gasteiger charge is 2.21. The number of anilines is 1. The molecule has 0 saturated heterocycles. The van der Waals surface area contributed by atoms with Gasteiger partial charge in [-0.05, 0) is 38.8 Å². The van der Waals surface area contributed by atoms with Crippen LogP contribution < -0.4 is 15.7 Å². The van der Waals surface area contributed by atoms with E-state index >= 15 is 0 Å². The molecule has 0 aliphatic heterocycles. The van der Waals surface area contributed by atoms with Gasteiger partial charge in [-0.3, -0.25) is 10.1 Å². The lowest BCUT2D eigenvalue weighted by atomic mass is 9.90. The predicted molar refractivity (Wildman–Crippen MR) is 112 cm³/mol. The number of carbonyl (C=O) groups excluding carboxylic acids is 1. The maximum atomic E-state index is 12.8. The van der Waals surface area contributed by atoms with Crippen molar-refractivity contribution in [2.24, 2.45) is 0 Å². The lowest BCUT2D eigenvalue weighted by Crippen LogP contribution is -2.15. The molecule has 2 aromatic heterocycles. The molecule has 7 nitrogen and oxygen atoms in total. The molecule has 2 heterocycles. The molecule has 1 aromatic carbocycles. The van der Waals surface area contributed by atoms with E-state index in [0.717, 1.165) is 17.8 Å². The lowest BCUT2D eigenvalue weighted by molar-refractivity contribution is 0.102. The van der Waals surface area contributed by atoms with Gasteiger partial charge in [-0.15, -0.1) is 10.2 Å². The van der Waals surface area contributed by atoms with E-state index in [1.807, 2.05) is 13.8 Å². The fourth-order valence-corrected chi connectivity index (χ4v) is 4.55. The van der Waals surface area contributed by atoms with Gasteiger partial charge in [0.15, 0.2) is 0 Å². The molecule has 1 fully saturated rings. The third-order valence-electron chi connectivity index (χ3n) is 4.95. The number of hydrogen-bond donors (Lipinski definition) is 1. The third-order valence-corrected chi connectivity index (χ3v) is 5.95. The summed E-state index contributed by atoms with van der Waals surface area (Å²) >= 11 is 1.41. The summed E-state index contributed by atoms with van der Waals surface area (Å²) in [5.41, 5.74) is -0.0489. The monoisotopic (exact) mass is 413 g/mol. The fraction of sp³-hybridized carbons (Fsp3) is 0.429. The second-order valence-corrected chi connectivity index (χ2v) is 8.55. The van der Waals surface area contributed by atoms with E-state index in [-0.39, 0.29) is 11.7 Å². The first-order valence-electron chi connectivity index (χ1n) is 9.89. The molecule has 152 valence electrons. The second kappa shape index (κ2) is 8.32. The smallest absolute Gasteiger partial charge is 0.337 e. The van der Waals surface area contributed by atoms with E-state index in [1.165, 1.54) is 36.7 Å². The van der Waals surface area contributed by atoms with Gasteiger partial charge in [0.2, 0.25) is 5.13 Å². The van der Waals surface area contributed by atoms with Gasteiger partial charge in [-0.25, -0.2) is 4.79 Å². The minimum Gasteiger partial charge on any atom is -0.491 e. The van der Waals surface area contributed by atoms with E-state index < -0.39 is 11.5 Å². The Morgan fingerprint density at radius 1 is 1.21 bits per heavy atom. The van der Waals surface area contributed by atoms with Crippen LogP contribution in [0.3, 0.4) is 0 Å². The molecule has 4 rings (SSSR count). The number of nitrogens with one attached hydrogen (secondary N) is 1. The molecule has 1 aliphatic rings. The number of nitrogens with zero attached hydrogens (tertiary/aromatic N) is 2. The molecule has 0 spiro atoms. The Bertz CT molecular complexity index is 1080. The van der Waals surface area contributed by atoms with Crippen LogP contribution in [0.2, 0.25) is 0 Å². The van der Waals surface area contributed by atoms with Gasteiger partial charge in [-0.1, -0.05) is 30.6 Å². The summed E-state index contributed by atoms with van der Waals surface area (Å²) in [6, 6.07) is 6.30. The Balaban J connectivity index is 1.58. The highest BCUT2D eigenvalue weighted by molar-refractivity contribution is 7.15. The zero-order chi connectivity index (χ0) is 20.4. The highest BCUT2D eigenvalue weighted by atomic mass is 32.1. The summed E-state index contributed by atoms with van der Waals surface area (Å²) in [5.74, 6) is 0.595. The molecule has 1 amide bonds. The van der Waals surface area contributed by atoms with Gasteiger partial charge in [0, 0.05) is 23.4 Å². The van der Waals surface area contributed by atoms with Crippen LogP contribution in [0.25, 0.3) is 11.0 Å². The number of aromatic nitrogens is 2. The Kier molecular flexibility index (Phi) is 5.62. The largest absolute Gasteiger partial charge is 0.491 e. The standard InChI is InChI=1S/C21H23N3O4S/c1-12(2)27-14-8-9-15-16(11-18(25)28-17(15)10-14)19(26)22-21-24-23-20(29-21)13-6-4-3-5-7-13/h8-13H,3-7H2,1-2H3,(H,22,24,26). The van der Waals surface area contributed by atoms with Crippen LogP contribution in [0.5, 0.6) is 5.75 Å². The van der Waals surface area contributed by atoms with Gasteiger partial charge in [0.1, 0.15) is 16.3 Å². The van der Waals surface area contributed by atoms with Crippen molar-refractivity contribution in [1.82, 2.24) is 10.2 Å². The summed E-state index contributed by atoms with van der Waals surface area (Å²) in [6.07, 6.45) is 5.91. The zero-order valence-corrected chi connectivity index (χ0v) is 17.3. The van der Waals surface area contributed by atoms with Crippen molar-refractivity contribution in [2.75, 3.05) is 5.32 Å². The molecule has 3 aromatic rings. The minimum atomic E-state index is -0.593. The topological polar surface area (TPSA) is 94.3 Å². The number of hydrogen-bond acceptors (Lipinski definition) is 7. The molecule has 29 heavy (non-hydrogen) atoms. The van der Waals surface area contributed by atoms with E-state index in [1.54, 1.807) is 18.2 Å². The van der Waals surface area contributed by atoms with Gasteiger partial charge >= 0.3 is 5.63 Å². The zero-order valence-electron chi connectivity index (χ0n) is 16.4. The van der Waals surface area contributed by atoms with E-state index in [2.05, 4.69) is 15.5 Å². The summed E-state index contributed by atoms with van der Waals surface area (Å²) in [4.78, 5) is 24.8. The van der Waals surface area contributed by atoms with Crippen molar-refractivity contribution >= 4 is 33.3 Å². The Morgan fingerprint density at radius 2 is 2.00 bits per heavy atom. The number of fused-ring (bicyclic) bond motifs is 1. The van der Waals surface area contributed by atoms with Gasteiger partial charge in [0.25, 0.3) is 5.91 Å². The van der Waals surface area contributed by atoms with Crippen LogP contribution in [0.1, 0.15) is 67.2 Å². The third kappa shape index (κ3) is 4.48. The second-order valence-electron chi connectivity index (χ2n) is 7.54. The quantitative estimate of drug-likeness (QED) is 0.608. The lowest BCUT2D eigenvalue weighted by Gasteiger charge is -2.18. The van der Waals surface area contributed by atoms with Crippen LogP contribution in [0.4, 0.5) is 5.13 Å².